The number of primary amides is 1. The highest BCUT2D eigenvalue weighted by Crippen LogP contribution is 2.31. The quantitative estimate of drug-likeness (QED) is 0.884. The van der Waals surface area contributed by atoms with Gasteiger partial charge in [-0.25, -0.2) is 0 Å². The van der Waals surface area contributed by atoms with Crippen LogP contribution in [0.3, 0.4) is 0 Å². The molecule has 0 spiro atoms. The number of halogens is 2. The van der Waals surface area contributed by atoms with Crippen LogP contribution in [0.1, 0.15) is 10.4 Å². The van der Waals surface area contributed by atoms with Gasteiger partial charge in [-0.1, -0.05) is 28.1 Å². The molecule has 2 rings (SSSR count). The van der Waals surface area contributed by atoms with Crippen molar-refractivity contribution >= 4 is 37.8 Å². The summed E-state index contributed by atoms with van der Waals surface area (Å²) in [6.45, 7) is 0. The van der Waals surface area contributed by atoms with Crippen LogP contribution in [0.5, 0.6) is 11.5 Å². The third kappa shape index (κ3) is 2.91. The van der Waals surface area contributed by atoms with Gasteiger partial charge in [0.25, 0.3) is 5.91 Å². The number of carbonyl (C=O) groups excluding carboxylic acids is 1. The SMILES string of the molecule is NC(=O)c1c(Br)cccc1Oc1cccc(Br)c1. The van der Waals surface area contributed by atoms with Gasteiger partial charge in [-0.3, -0.25) is 4.79 Å². The van der Waals surface area contributed by atoms with E-state index < -0.39 is 5.91 Å². The standard InChI is InChI=1S/C13H9Br2NO2/c14-8-3-1-4-9(7-8)18-11-6-2-5-10(15)12(11)13(16)17/h1-7H,(H2,16,17). The molecular formula is C13H9Br2NO2. The van der Waals surface area contributed by atoms with E-state index >= 15 is 0 Å². The third-order valence-corrected chi connectivity index (χ3v) is 3.40. The second-order valence-corrected chi connectivity index (χ2v) is 5.31. The number of hydrogen-bond donors (Lipinski definition) is 1. The maximum Gasteiger partial charge on any atom is 0.253 e. The Morgan fingerprint density at radius 1 is 1.11 bits per heavy atom. The highest BCUT2D eigenvalue weighted by molar-refractivity contribution is 9.10. The van der Waals surface area contributed by atoms with Gasteiger partial charge in [0.15, 0.2) is 0 Å². The van der Waals surface area contributed by atoms with E-state index in [0.717, 1.165) is 4.47 Å². The van der Waals surface area contributed by atoms with Crippen molar-refractivity contribution in [3.63, 3.8) is 0 Å². The van der Waals surface area contributed by atoms with Crippen LogP contribution in [0, 0.1) is 0 Å². The van der Waals surface area contributed by atoms with Crippen LogP contribution in [0.25, 0.3) is 0 Å². The summed E-state index contributed by atoms with van der Waals surface area (Å²) in [6.07, 6.45) is 0. The lowest BCUT2D eigenvalue weighted by atomic mass is 10.2. The highest BCUT2D eigenvalue weighted by Gasteiger charge is 2.14. The molecule has 0 fully saturated rings. The van der Waals surface area contributed by atoms with Gasteiger partial charge >= 0.3 is 0 Å². The summed E-state index contributed by atoms with van der Waals surface area (Å²) in [7, 11) is 0. The number of ether oxygens (including phenoxy) is 1. The average molecular weight is 371 g/mol. The van der Waals surface area contributed by atoms with Crippen molar-refractivity contribution in [1.29, 1.82) is 0 Å². The third-order valence-electron chi connectivity index (χ3n) is 2.25. The Balaban J connectivity index is 2.40. The van der Waals surface area contributed by atoms with Crippen LogP contribution in [-0.4, -0.2) is 5.91 Å². The number of amides is 1. The van der Waals surface area contributed by atoms with Crippen molar-refractivity contribution in [1.82, 2.24) is 0 Å². The fourth-order valence-electron chi connectivity index (χ4n) is 1.49. The van der Waals surface area contributed by atoms with Gasteiger partial charge in [0, 0.05) is 8.95 Å². The summed E-state index contributed by atoms with van der Waals surface area (Å²) in [5.41, 5.74) is 5.67. The lowest BCUT2D eigenvalue weighted by Gasteiger charge is -2.10. The van der Waals surface area contributed by atoms with Crippen LogP contribution in [0.2, 0.25) is 0 Å². The molecule has 1 amide bonds. The molecule has 0 atom stereocenters. The van der Waals surface area contributed by atoms with Gasteiger partial charge in [-0.15, -0.1) is 0 Å². The molecule has 0 unspecified atom stereocenters. The zero-order chi connectivity index (χ0) is 13.1. The first-order valence-corrected chi connectivity index (χ1v) is 6.68. The van der Waals surface area contributed by atoms with E-state index in [9.17, 15) is 4.79 Å². The summed E-state index contributed by atoms with van der Waals surface area (Å²) in [4.78, 5) is 11.4. The van der Waals surface area contributed by atoms with Crippen molar-refractivity contribution in [3.05, 3.63) is 57.0 Å². The Labute approximate surface area is 121 Å². The zero-order valence-corrected chi connectivity index (χ0v) is 12.4. The predicted molar refractivity (Wildman–Crippen MR) is 76.9 cm³/mol. The van der Waals surface area contributed by atoms with E-state index in [2.05, 4.69) is 31.9 Å². The van der Waals surface area contributed by atoms with Gasteiger partial charge in [-0.05, 0) is 46.3 Å². The number of carbonyl (C=O) groups is 1. The second kappa shape index (κ2) is 5.54. The number of hydrogen-bond acceptors (Lipinski definition) is 2. The topological polar surface area (TPSA) is 52.3 Å². The van der Waals surface area contributed by atoms with Crippen molar-refractivity contribution in [2.75, 3.05) is 0 Å². The smallest absolute Gasteiger partial charge is 0.253 e. The maximum absolute atomic E-state index is 11.4. The minimum absolute atomic E-state index is 0.331. The fourth-order valence-corrected chi connectivity index (χ4v) is 2.41. The number of nitrogens with two attached hydrogens (primary N) is 1. The lowest BCUT2D eigenvalue weighted by molar-refractivity contribution is 0.0997. The molecule has 18 heavy (non-hydrogen) atoms. The minimum atomic E-state index is -0.535. The van der Waals surface area contributed by atoms with Gasteiger partial charge in [-0.2, -0.15) is 0 Å². The molecule has 92 valence electrons. The highest BCUT2D eigenvalue weighted by atomic mass is 79.9. The van der Waals surface area contributed by atoms with Crippen LogP contribution >= 0.6 is 31.9 Å². The maximum atomic E-state index is 11.4. The van der Waals surface area contributed by atoms with Crippen LogP contribution < -0.4 is 10.5 Å². The summed E-state index contributed by atoms with van der Waals surface area (Å²) < 4.78 is 7.18. The van der Waals surface area contributed by atoms with Crippen LogP contribution in [0.15, 0.2) is 51.4 Å². The Hall–Kier alpha value is -1.33. The average Bonchev–Trinajstić information content (AvgIpc) is 2.28. The minimum Gasteiger partial charge on any atom is -0.456 e. The van der Waals surface area contributed by atoms with E-state index in [1.165, 1.54) is 0 Å². The first-order valence-electron chi connectivity index (χ1n) is 5.09. The van der Waals surface area contributed by atoms with Crippen LogP contribution in [0.4, 0.5) is 0 Å². The fraction of sp³-hybridized carbons (Fsp3) is 0. The summed E-state index contributed by atoms with van der Waals surface area (Å²) in [6, 6.07) is 12.6. The molecule has 0 aliphatic carbocycles. The summed E-state index contributed by atoms with van der Waals surface area (Å²) in [5, 5.41) is 0. The van der Waals surface area contributed by atoms with Crippen molar-refractivity contribution in [2.24, 2.45) is 5.73 Å². The Morgan fingerprint density at radius 3 is 2.50 bits per heavy atom. The van der Waals surface area contributed by atoms with E-state index in [1.807, 2.05) is 18.2 Å². The van der Waals surface area contributed by atoms with Gasteiger partial charge in [0.05, 0.1) is 5.56 Å². The van der Waals surface area contributed by atoms with Crippen molar-refractivity contribution in [2.45, 2.75) is 0 Å². The van der Waals surface area contributed by atoms with Gasteiger partial charge < -0.3 is 10.5 Å². The molecule has 2 N–H and O–H groups in total. The normalized spacial score (nSPS) is 10.1. The van der Waals surface area contributed by atoms with E-state index in [-0.39, 0.29) is 0 Å². The van der Waals surface area contributed by atoms with Crippen molar-refractivity contribution in [3.8, 4) is 11.5 Å². The number of benzene rings is 2. The first kappa shape index (κ1) is 13.1. The molecule has 0 saturated heterocycles. The number of rotatable bonds is 3. The molecule has 0 aromatic heterocycles. The van der Waals surface area contributed by atoms with Gasteiger partial charge in [0.2, 0.25) is 0 Å². The molecular weight excluding hydrogens is 362 g/mol. The molecule has 3 nitrogen and oxygen atoms in total. The molecule has 2 aromatic carbocycles. The molecule has 2 aromatic rings. The molecule has 5 heteroatoms. The summed E-state index contributed by atoms with van der Waals surface area (Å²) >= 11 is 6.64. The Kier molecular flexibility index (Phi) is 4.04. The molecule has 0 aliphatic heterocycles. The van der Waals surface area contributed by atoms with Crippen LogP contribution in [-0.2, 0) is 0 Å². The van der Waals surface area contributed by atoms with Gasteiger partial charge in [0.1, 0.15) is 11.5 Å². The molecule has 0 radical (unpaired) electrons. The van der Waals surface area contributed by atoms with Crippen molar-refractivity contribution < 1.29 is 9.53 Å². The second-order valence-electron chi connectivity index (χ2n) is 3.54. The largest absolute Gasteiger partial charge is 0.456 e. The zero-order valence-electron chi connectivity index (χ0n) is 9.19. The molecule has 0 heterocycles. The molecule has 0 bridgehead atoms. The first-order chi connectivity index (χ1) is 8.58. The predicted octanol–water partition coefficient (Wildman–Crippen LogP) is 4.10. The Bertz CT molecular complexity index is 599. The van der Waals surface area contributed by atoms with E-state index in [4.69, 9.17) is 10.5 Å². The van der Waals surface area contributed by atoms with E-state index in [1.54, 1.807) is 24.3 Å². The monoisotopic (exact) mass is 369 g/mol. The summed E-state index contributed by atoms with van der Waals surface area (Å²) in [5.74, 6) is 0.521. The molecule has 0 aliphatic rings. The molecule has 0 saturated carbocycles. The Morgan fingerprint density at radius 2 is 1.83 bits per heavy atom. The van der Waals surface area contributed by atoms with E-state index in [0.29, 0.717) is 21.5 Å². The lowest BCUT2D eigenvalue weighted by Crippen LogP contribution is -2.13.